The minimum Gasteiger partial charge on any atom is -0.497 e. The van der Waals surface area contributed by atoms with Crippen molar-refractivity contribution in [2.75, 3.05) is 12.4 Å². The van der Waals surface area contributed by atoms with Gasteiger partial charge in [-0.2, -0.15) is 10.1 Å². The molecule has 6 heteroatoms. The van der Waals surface area contributed by atoms with Crippen molar-refractivity contribution in [3.05, 3.63) is 77.1 Å². The summed E-state index contributed by atoms with van der Waals surface area (Å²) in [4.78, 5) is 17.4. The average Bonchev–Trinajstić information content (AvgIpc) is 3.24. The normalized spacial score (nSPS) is 17.6. The number of carbonyl (C=O) groups excluding carboxylic acids is 1. The lowest BCUT2D eigenvalue weighted by Crippen LogP contribution is -2.25. The fraction of sp³-hybridized carbons (Fsp3) is 0.105. The Morgan fingerprint density at radius 2 is 1.96 bits per heavy atom. The fourth-order valence-corrected chi connectivity index (χ4v) is 3.58. The van der Waals surface area contributed by atoms with E-state index in [1.165, 1.54) is 6.33 Å². The first-order valence-corrected chi connectivity index (χ1v) is 7.96. The summed E-state index contributed by atoms with van der Waals surface area (Å²) in [5.41, 5.74) is 4.05. The Balaban J connectivity index is 1.76. The van der Waals surface area contributed by atoms with Crippen LogP contribution < -0.4 is 10.1 Å². The number of allylic oxidation sites excluding steroid dienone is 1. The standard InChI is InChI=1S/C19H14N4O2/c1-25-12-6-4-5-11(9-12)17-15-16(22-19-20-10-21-23(17)19)13-7-2-3-8-14(13)18(15)24/h2-10,17H,1H3,(H,20,21,22). The average molecular weight is 330 g/mol. The largest absolute Gasteiger partial charge is 0.497 e. The van der Waals surface area contributed by atoms with Crippen LogP contribution in [0.1, 0.15) is 27.5 Å². The van der Waals surface area contributed by atoms with E-state index in [0.29, 0.717) is 17.1 Å². The topological polar surface area (TPSA) is 69.0 Å². The second kappa shape index (κ2) is 5.04. The summed E-state index contributed by atoms with van der Waals surface area (Å²) < 4.78 is 7.10. The number of methoxy groups -OCH3 is 1. The van der Waals surface area contributed by atoms with Crippen LogP contribution in [0.4, 0.5) is 5.95 Å². The highest BCUT2D eigenvalue weighted by Crippen LogP contribution is 2.44. The van der Waals surface area contributed by atoms with Crippen LogP contribution in [0.15, 0.2) is 60.4 Å². The smallest absolute Gasteiger partial charge is 0.226 e. The number of benzene rings is 2. The molecule has 3 aromatic rings. The molecule has 1 aliphatic heterocycles. The first kappa shape index (κ1) is 14.0. The van der Waals surface area contributed by atoms with Crippen molar-refractivity contribution in [2.45, 2.75) is 6.04 Å². The number of anilines is 1. The lowest BCUT2D eigenvalue weighted by atomic mass is 9.94. The summed E-state index contributed by atoms with van der Waals surface area (Å²) >= 11 is 0. The lowest BCUT2D eigenvalue weighted by molar-refractivity contribution is 0.102. The third kappa shape index (κ3) is 1.88. The van der Waals surface area contributed by atoms with Gasteiger partial charge in [0, 0.05) is 11.1 Å². The molecule has 6 nitrogen and oxygen atoms in total. The Hall–Kier alpha value is -3.41. The van der Waals surface area contributed by atoms with Crippen LogP contribution in [0.25, 0.3) is 5.70 Å². The molecule has 2 heterocycles. The summed E-state index contributed by atoms with van der Waals surface area (Å²) in [5.74, 6) is 1.38. The van der Waals surface area contributed by atoms with Crippen molar-refractivity contribution in [3.8, 4) is 5.75 Å². The Bertz CT molecular complexity index is 1050. The van der Waals surface area contributed by atoms with Crippen LogP contribution in [-0.2, 0) is 0 Å². The molecule has 0 amide bonds. The summed E-state index contributed by atoms with van der Waals surface area (Å²) in [7, 11) is 1.63. The summed E-state index contributed by atoms with van der Waals surface area (Å²) in [6.45, 7) is 0. The molecule has 5 rings (SSSR count). The molecule has 1 aliphatic carbocycles. The van der Waals surface area contributed by atoms with Gasteiger partial charge in [-0.3, -0.25) is 4.79 Å². The van der Waals surface area contributed by atoms with E-state index in [2.05, 4.69) is 15.4 Å². The minimum atomic E-state index is -0.344. The Kier molecular flexibility index (Phi) is 2.82. The third-order valence-electron chi connectivity index (χ3n) is 4.69. The van der Waals surface area contributed by atoms with E-state index in [1.807, 2.05) is 48.5 Å². The molecule has 2 aromatic carbocycles. The molecule has 0 bridgehead atoms. The molecule has 1 unspecified atom stereocenters. The number of nitrogens with zero attached hydrogens (tertiary/aromatic N) is 3. The van der Waals surface area contributed by atoms with Crippen molar-refractivity contribution < 1.29 is 9.53 Å². The number of ketones is 1. The summed E-state index contributed by atoms with van der Waals surface area (Å²) in [6, 6.07) is 15.0. The van der Waals surface area contributed by atoms with E-state index >= 15 is 0 Å². The number of aromatic nitrogens is 3. The van der Waals surface area contributed by atoms with Gasteiger partial charge < -0.3 is 10.1 Å². The first-order chi connectivity index (χ1) is 12.3. The van der Waals surface area contributed by atoms with Gasteiger partial charge in [-0.05, 0) is 17.7 Å². The molecular weight excluding hydrogens is 316 g/mol. The number of carbonyl (C=O) groups is 1. The number of ether oxygens (including phenoxy) is 1. The number of hydrogen-bond acceptors (Lipinski definition) is 5. The molecule has 25 heavy (non-hydrogen) atoms. The van der Waals surface area contributed by atoms with Gasteiger partial charge in [-0.1, -0.05) is 36.4 Å². The molecule has 0 radical (unpaired) electrons. The van der Waals surface area contributed by atoms with Crippen LogP contribution in [0.3, 0.4) is 0 Å². The quantitative estimate of drug-likeness (QED) is 0.782. The van der Waals surface area contributed by atoms with Gasteiger partial charge >= 0.3 is 0 Å². The molecule has 0 fully saturated rings. The van der Waals surface area contributed by atoms with Gasteiger partial charge in [-0.25, -0.2) is 4.68 Å². The molecule has 2 aliphatic rings. The van der Waals surface area contributed by atoms with Crippen molar-refractivity contribution in [2.24, 2.45) is 0 Å². The van der Waals surface area contributed by atoms with Crippen molar-refractivity contribution in [3.63, 3.8) is 0 Å². The van der Waals surface area contributed by atoms with E-state index in [4.69, 9.17) is 4.74 Å². The molecule has 0 saturated heterocycles. The van der Waals surface area contributed by atoms with Crippen LogP contribution in [0, 0.1) is 0 Å². The molecule has 1 aromatic heterocycles. The van der Waals surface area contributed by atoms with E-state index in [9.17, 15) is 4.79 Å². The lowest BCUT2D eigenvalue weighted by Gasteiger charge is -2.26. The zero-order valence-electron chi connectivity index (χ0n) is 13.4. The van der Waals surface area contributed by atoms with Crippen molar-refractivity contribution >= 4 is 17.4 Å². The van der Waals surface area contributed by atoms with Crippen LogP contribution >= 0.6 is 0 Å². The predicted molar refractivity (Wildman–Crippen MR) is 92.5 cm³/mol. The van der Waals surface area contributed by atoms with E-state index in [-0.39, 0.29) is 11.8 Å². The Labute approximate surface area is 143 Å². The summed E-state index contributed by atoms with van der Waals surface area (Å²) in [5, 5.41) is 7.61. The highest BCUT2D eigenvalue weighted by Gasteiger charge is 2.40. The SMILES string of the molecule is COc1cccc(C2C3=C(Nc4ncnn42)c2ccccc2C3=O)c1. The fourth-order valence-electron chi connectivity index (χ4n) is 3.58. The van der Waals surface area contributed by atoms with E-state index in [0.717, 1.165) is 22.6 Å². The minimum absolute atomic E-state index is 0.0204. The van der Waals surface area contributed by atoms with Crippen LogP contribution in [-0.4, -0.2) is 27.7 Å². The Morgan fingerprint density at radius 1 is 1.12 bits per heavy atom. The second-order valence-corrected chi connectivity index (χ2v) is 6.00. The van der Waals surface area contributed by atoms with Crippen LogP contribution in [0.5, 0.6) is 5.75 Å². The number of hydrogen-bond donors (Lipinski definition) is 1. The van der Waals surface area contributed by atoms with Crippen molar-refractivity contribution in [1.82, 2.24) is 14.8 Å². The third-order valence-corrected chi connectivity index (χ3v) is 4.69. The van der Waals surface area contributed by atoms with E-state index < -0.39 is 0 Å². The highest BCUT2D eigenvalue weighted by atomic mass is 16.5. The Morgan fingerprint density at radius 3 is 2.80 bits per heavy atom. The maximum absolute atomic E-state index is 13.1. The monoisotopic (exact) mass is 330 g/mol. The van der Waals surface area contributed by atoms with Gasteiger partial charge in [0.25, 0.3) is 0 Å². The van der Waals surface area contributed by atoms with Gasteiger partial charge in [0.2, 0.25) is 5.95 Å². The van der Waals surface area contributed by atoms with Gasteiger partial charge in [0.1, 0.15) is 18.1 Å². The molecule has 1 atom stereocenters. The highest BCUT2D eigenvalue weighted by molar-refractivity contribution is 6.23. The molecular formula is C19H14N4O2. The molecule has 122 valence electrons. The number of nitrogens with one attached hydrogen (secondary N) is 1. The molecule has 0 spiro atoms. The van der Waals surface area contributed by atoms with Crippen molar-refractivity contribution in [1.29, 1.82) is 0 Å². The van der Waals surface area contributed by atoms with Crippen LogP contribution in [0.2, 0.25) is 0 Å². The van der Waals surface area contributed by atoms with Gasteiger partial charge in [0.05, 0.1) is 18.4 Å². The van der Waals surface area contributed by atoms with Gasteiger partial charge in [0.15, 0.2) is 5.78 Å². The number of rotatable bonds is 2. The summed E-state index contributed by atoms with van der Waals surface area (Å²) in [6.07, 6.45) is 1.49. The molecule has 1 N–H and O–H groups in total. The number of fused-ring (bicyclic) bond motifs is 3. The zero-order valence-corrected chi connectivity index (χ0v) is 13.4. The predicted octanol–water partition coefficient (Wildman–Crippen LogP) is 2.91. The number of Topliss-reactive ketones (excluding diaryl/α,β-unsaturated/α-hetero) is 1. The van der Waals surface area contributed by atoms with Gasteiger partial charge in [-0.15, -0.1) is 0 Å². The zero-order chi connectivity index (χ0) is 17.0. The van der Waals surface area contributed by atoms with E-state index in [1.54, 1.807) is 11.8 Å². The maximum Gasteiger partial charge on any atom is 0.226 e. The second-order valence-electron chi connectivity index (χ2n) is 6.00. The maximum atomic E-state index is 13.1. The molecule has 0 saturated carbocycles. The first-order valence-electron chi connectivity index (χ1n) is 7.96.